The molecule has 6 heteroatoms. The average Bonchev–Trinajstić information content (AvgIpc) is 2.36. The largest absolute Gasteiger partial charge is 0.437 e. The third-order valence-corrected chi connectivity index (χ3v) is 3.04. The molecule has 0 atom stereocenters. The highest BCUT2D eigenvalue weighted by molar-refractivity contribution is 6.43. The number of nitriles is 1. The van der Waals surface area contributed by atoms with Gasteiger partial charge in [-0.2, -0.15) is 5.26 Å². The fourth-order valence-corrected chi connectivity index (χ4v) is 1.80. The van der Waals surface area contributed by atoms with Crippen LogP contribution in [0, 0.1) is 11.3 Å². The first kappa shape index (κ1) is 13.0. The molecule has 0 saturated carbocycles. The molecule has 1 aromatic carbocycles. The van der Waals surface area contributed by atoms with E-state index >= 15 is 0 Å². The quantitative estimate of drug-likeness (QED) is 0.755. The lowest BCUT2D eigenvalue weighted by Crippen LogP contribution is -1.91. The first-order chi connectivity index (χ1) is 8.60. The second-order valence-electron chi connectivity index (χ2n) is 3.27. The number of rotatable bonds is 2. The Morgan fingerprint density at radius 2 is 1.78 bits per heavy atom. The van der Waals surface area contributed by atoms with Crippen LogP contribution in [0.4, 0.5) is 0 Å². The van der Waals surface area contributed by atoms with Crippen LogP contribution in [0.15, 0.2) is 30.3 Å². The molecule has 90 valence electrons. The van der Waals surface area contributed by atoms with Crippen molar-refractivity contribution < 1.29 is 4.74 Å². The maximum absolute atomic E-state index is 8.73. The lowest BCUT2D eigenvalue weighted by molar-refractivity contribution is 0.463. The van der Waals surface area contributed by atoms with Crippen molar-refractivity contribution in [3.05, 3.63) is 51.1 Å². The highest BCUT2D eigenvalue weighted by Gasteiger charge is 2.09. The van der Waals surface area contributed by atoms with Gasteiger partial charge in [-0.25, -0.2) is 4.98 Å². The zero-order valence-corrected chi connectivity index (χ0v) is 11.1. The number of nitrogens with zero attached hydrogens (tertiary/aromatic N) is 2. The van der Waals surface area contributed by atoms with Gasteiger partial charge in [-0.3, -0.25) is 0 Å². The third kappa shape index (κ3) is 2.85. The summed E-state index contributed by atoms with van der Waals surface area (Å²) >= 11 is 17.6. The number of halogens is 3. The second-order valence-corrected chi connectivity index (χ2v) is 4.49. The van der Waals surface area contributed by atoms with Crippen molar-refractivity contribution in [3.63, 3.8) is 0 Å². The van der Waals surface area contributed by atoms with E-state index in [9.17, 15) is 0 Å². The number of aromatic nitrogens is 1. The van der Waals surface area contributed by atoms with Gasteiger partial charge in [0.2, 0.25) is 5.88 Å². The average molecular weight is 300 g/mol. The smallest absolute Gasteiger partial charge is 0.220 e. The van der Waals surface area contributed by atoms with Gasteiger partial charge in [0.05, 0.1) is 15.1 Å². The van der Waals surface area contributed by atoms with Gasteiger partial charge >= 0.3 is 0 Å². The molecule has 18 heavy (non-hydrogen) atoms. The van der Waals surface area contributed by atoms with Gasteiger partial charge in [0, 0.05) is 12.1 Å². The van der Waals surface area contributed by atoms with Crippen LogP contribution < -0.4 is 4.74 Å². The van der Waals surface area contributed by atoms with E-state index in [0.29, 0.717) is 20.8 Å². The molecule has 3 nitrogen and oxygen atoms in total. The third-order valence-electron chi connectivity index (χ3n) is 2.03. The van der Waals surface area contributed by atoms with Gasteiger partial charge in [-0.15, -0.1) is 0 Å². The van der Waals surface area contributed by atoms with Crippen LogP contribution >= 0.6 is 34.8 Å². The van der Waals surface area contributed by atoms with Gasteiger partial charge in [-0.1, -0.05) is 40.9 Å². The Kier molecular flexibility index (Phi) is 3.93. The van der Waals surface area contributed by atoms with Crippen molar-refractivity contribution in [1.82, 2.24) is 4.98 Å². The molecule has 0 aliphatic carbocycles. The van der Waals surface area contributed by atoms with Crippen molar-refractivity contribution in [2.45, 2.75) is 0 Å². The first-order valence-corrected chi connectivity index (χ1v) is 5.93. The molecule has 2 aromatic rings. The van der Waals surface area contributed by atoms with E-state index < -0.39 is 0 Å². The molecule has 0 bridgehead atoms. The standard InChI is InChI=1S/C12H5Cl3N2O/c13-8-4-10(15)11(5-9(8)14)18-12-3-1-2-7(6-16)17-12/h1-5H. The predicted molar refractivity (Wildman–Crippen MR) is 70.5 cm³/mol. The number of ether oxygens (including phenoxy) is 1. The van der Waals surface area contributed by atoms with Crippen LogP contribution in [0.5, 0.6) is 11.6 Å². The Labute approximate surface area is 118 Å². The number of pyridine rings is 1. The number of benzene rings is 1. The highest BCUT2D eigenvalue weighted by atomic mass is 35.5. The lowest BCUT2D eigenvalue weighted by Gasteiger charge is -2.08. The highest BCUT2D eigenvalue weighted by Crippen LogP contribution is 2.35. The van der Waals surface area contributed by atoms with E-state index in [4.69, 9.17) is 44.8 Å². The van der Waals surface area contributed by atoms with Gasteiger partial charge in [0.15, 0.2) is 0 Å². The van der Waals surface area contributed by atoms with Gasteiger partial charge < -0.3 is 4.74 Å². The molecule has 0 unspecified atom stereocenters. The molecule has 2 rings (SSSR count). The summed E-state index contributed by atoms with van der Waals surface area (Å²) in [4.78, 5) is 3.96. The molecule has 0 fully saturated rings. The van der Waals surface area contributed by atoms with Crippen LogP contribution in [-0.2, 0) is 0 Å². The molecular weight excluding hydrogens is 295 g/mol. The van der Waals surface area contributed by atoms with Crippen LogP contribution in [0.2, 0.25) is 15.1 Å². The minimum Gasteiger partial charge on any atom is -0.437 e. The summed E-state index contributed by atoms with van der Waals surface area (Å²) in [6, 6.07) is 9.73. The summed E-state index contributed by atoms with van der Waals surface area (Å²) in [6.07, 6.45) is 0. The predicted octanol–water partition coefficient (Wildman–Crippen LogP) is 4.71. The van der Waals surface area contributed by atoms with E-state index in [1.54, 1.807) is 18.2 Å². The monoisotopic (exact) mass is 298 g/mol. The maximum atomic E-state index is 8.73. The molecule has 1 aromatic heterocycles. The normalized spacial score (nSPS) is 9.89. The Morgan fingerprint density at radius 3 is 2.50 bits per heavy atom. The Bertz CT molecular complexity index is 638. The van der Waals surface area contributed by atoms with E-state index in [2.05, 4.69) is 4.98 Å². The topological polar surface area (TPSA) is 45.9 Å². The van der Waals surface area contributed by atoms with Crippen molar-refractivity contribution in [2.24, 2.45) is 0 Å². The molecule has 0 spiro atoms. The zero-order valence-electron chi connectivity index (χ0n) is 8.82. The van der Waals surface area contributed by atoms with E-state index in [-0.39, 0.29) is 11.6 Å². The molecule has 0 aliphatic heterocycles. The number of hydrogen-bond acceptors (Lipinski definition) is 3. The van der Waals surface area contributed by atoms with Gasteiger partial charge in [-0.05, 0) is 12.1 Å². The van der Waals surface area contributed by atoms with Crippen LogP contribution in [-0.4, -0.2) is 4.98 Å². The molecule has 0 saturated heterocycles. The molecule has 0 aliphatic rings. The fraction of sp³-hybridized carbons (Fsp3) is 0. The minimum atomic E-state index is 0.253. The van der Waals surface area contributed by atoms with Crippen molar-refractivity contribution in [3.8, 4) is 17.7 Å². The zero-order chi connectivity index (χ0) is 13.1. The van der Waals surface area contributed by atoms with E-state index in [1.807, 2.05) is 6.07 Å². The van der Waals surface area contributed by atoms with E-state index in [0.717, 1.165) is 0 Å². The summed E-state index contributed by atoms with van der Waals surface area (Å²) < 4.78 is 5.45. The van der Waals surface area contributed by atoms with Gasteiger partial charge in [0.1, 0.15) is 17.5 Å². The van der Waals surface area contributed by atoms with Crippen LogP contribution in [0.25, 0.3) is 0 Å². The molecular formula is C12H5Cl3N2O. The van der Waals surface area contributed by atoms with Crippen molar-refractivity contribution >= 4 is 34.8 Å². The molecule has 0 amide bonds. The molecule has 0 N–H and O–H groups in total. The van der Waals surface area contributed by atoms with Gasteiger partial charge in [0.25, 0.3) is 0 Å². The lowest BCUT2D eigenvalue weighted by atomic mass is 10.3. The first-order valence-electron chi connectivity index (χ1n) is 4.79. The Morgan fingerprint density at radius 1 is 1.06 bits per heavy atom. The van der Waals surface area contributed by atoms with Crippen molar-refractivity contribution in [2.75, 3.05) is 0 Å². The maximum Gasteiger partial charge on any atom is 0.220 e. The Balaban J connectivity index is 2.34. The SMILES string of the molecule is N#Cc1cccc(Oc2cc(Cl)c(Cl)cc2Cl)n1. The summed E-state index contributed by atoms with van der Waals surface area (Å²) in [7, 11) is 0. The summed E-state index contributed by atoms with van der Waals surface area (Å²) in [5, 5.41) is 9.71. The Hall–Kier alpha value is -1.47. The summed E-state index contributed by atoms with van der Waals surface area (Å²) in [5.41, 5.74) is 0.253. The fourth-order valence-electron chi connectivity index (χ4n) is 1.23. The molecule has 1 heterocycles. The van der Waals surface area contributed by atoms with Crippen LogP contribution in [0.1, 0.15) is 5.69 Å². The number of hydrogen-bond donors (Lipinski definition) is 0. The molecule has 0 radical (unpaired) electrons. The minimum absolute atomic E-state index is 0.253. The van der Waals surface area contributed by atoms with Crippen LogP contribution in [0.3, 0.4) is 0 Å². The van der Waals surface area contributed by atoms with E-state index in [1.165, 1.54) is 12.1 Å². The summed E-state index contributed by atoms with van der Waals surface area (Å²) in [5.74, 6) is 0.586. The summed E-state index contributed by atoms with van der Waals surface area (Å²) in [6.45, 7) is 0. The van der Waals surface area contributed by atoms with Crippen molar-refractivity contribution in [1.29, 1.82) is 5.26 Å². The second kappa shape index (κ2) is 5.45.